The van der Waals surface area contributed by atoms with E-state index >= 15 is 0 Å². The molecule has 7 nitrogen and oxygen atoms in total. The summed E-state index contributed by atoms with van der Waals surface area (Å²) in [5.41, 5.74) is 9.31. The monoisotopic (exact) mass is 195 g/mol. The fourth-order valence-corrected chi connectivity index (χ4v) is 0.810. The highest BCUT2D eigenvalue weighted by Crippen LogP contribution is 2.22. The van der Waals surface area contributed by atoms with E-state index in [0.717, 1.165) is 0 Å². The van der Waals surface area contributed by atoms with Gasteiger partial charge in [-0.1, -0.05) is 0 Å². The normalized spacial score (nSPS) is 9.33. The minimum Gasteiger partial charge on any atom is -0.368 e. The number of carbonyl (C=O) groups is 2. The Morgan fingerprint density at radius 1 is 1.08 bits per heavy atom. The van der Waals surface area contributed by atoms with Crippen LogP contribution in [0.25, 0.3) is 0 Å². The first kappa shape index (κ1) is 11.0. The molecule has 0 radical (unpaired) electrons. The van der Waals surface area contributed by atoms with Crippen molar-refractivity contribution in [2.24, 2.45) is 11.5 Å². The lowest BCUT2D eigenvalue weighted by Gasteiger charge is -1.86. The second kappa shape index (κ2) is 5.59. The van der Waals surface area contributed by atoms with Crippen LogP contribution in [0.15, 0.2) is 0 Å². The van der Waals surface area contributed by atoms with Crippen molar-refractivity contribution in [2.75, 3.05) is 13.2 Å². The Morgan fingerprint density at radius 2 is 1.42 bits per heavy atom. The van der Waals surface area contributed by atoms with Crippen molar-refractivity contribution in [3.8, 4) is 0 Å². The zero-order valence-corrected chi connectivity index (χ0v) is 6.95. The number of amides is 2. The molecule has 0 aromatic rings. The van der Waals surface area contributed by atoms with Gasteiger partial charge in [-0.25, -0.2) is 0 Å². The van der Waals surface area contributed by atoms with Crippen molar-refractivity contribution in [2.45, 2.75) is 0 Å². The van der Waals surface area contributed by atoms with Gasteiger partial charge in [0.25, 0.3) is 0 Å². The molecule has 0 aliphatic carbocycles. The van der Waals surface area contributed by atoms with Gasteiger partial charge in [0.05, 0.1) is 0 Å². The first-order valence-corrected chi connectivity index (χ1v) is 3.91. The molecule has 0 atom stereocenters. The first-order valence-electron chi connectivity index (χ1n) is 2.82. The summed E-state index contributed by atoms with van der Waals surface area (Å²) in [6, 6.07) is 0. The highest BCUT2D eigenvalue weighted by atomic mass is 31.1. The van der Waals surface area contributed by atoms with Gasteiger partial charge in [0, 0.05) is 4.57 Å². The largest absolute Gasteiger partial charge is 0.698 e. The van der Waals surface area contributed by atoms with E-state index in [4.69, 9.17) is 0 Å². The molecule has 0 saturated carbocycles. The quantitative estimate of drug-likeness (QED) is 0.507. The fourth-order valence-electron chi connectivity index (χ4n) is 0.270. The molecule has 0 rings (SSSR count). The minimum atomic E-state index is -2.50. The summed E-state index contributed by atoms with van der Waals surface area (Å²) in [6.45, 7) is -1.04. The molecule has 0 unspecified atom stereocenters. The van der Waals surface area contributed by atoms with Gasteiger partial charge in [-0.2, -0.15) is 0 Å². The smallest absolute Gasteiger partial charge is 0.368 e. The first-order chi connectivity index (χ1) is 5.52. The lowest BCUT2D eigenvalue weighted by Crippen LogP contribution is -2.18. The van der Waals surface area contributed by atoms with Crippen LogP contribution in [0, 0.1) is 0 Å². The van der Waals surface area contributed by atoms with E-state index in [2.05, 4.69) is 20.5 Å². The van der Waals surface area contributed by atoms with Crippen molar-refractivity contribution in [1.82, 2.24) is 0 Å². The van der Waals surface area contributed by atoms with Crippen molar-refractivity contribution >= 4 is 20.1 Å². The predicted molar refractivity (Wildman–Crippen MR) is 37.9 cm³/mol. The molecule has 0 fully saturated rings. The number of rotatable bonds is 6. The van der Waals surface area contributed by atoms with Gasteiger partial charge in [-0.3, -0.25) is 9.59 Å². The van der Waals surface area contributed by atoms with Gasteiger partial charge in [0.15, 0.2) is 13.2 Å². The van der Waals surface area contributed by atoms with Crippen LogP contribution in [0.5, 0.6) is 0 Å². The summed E-state index contributed by atoms with van der Waals surface area (Å²) in [5, 5.41) is 0. The van der Waals surface area contributed by atoms with E-state index < -0.39 is 33.3 Å². The summed E-state index contributed by atoms with van der Waals surface area (Å²) in [4.78, 5) is 20.1. The minimum absolute atomic E-state index is 0.520. The average molecular weight is 195 g/mol. The van der Waals surface area contributed by atoms with E-state index in [1.807, 2.05) is 0 Å². The molecular weight excluding hydrogens is 187 g/mol. The van der Waals surface area contributed by atoms with Gasteiger partial charge in [0.1, 0.15) is 0 Å². The summed E-state index contributed by atoms with van der Waals surface area (Å²) in [5.74, 6) is -1.55. The van der Waals surface area contributed by atoms with Crippen molar-refractivity contribution in [3.05, 3.63) is 0 Å². The molecule has 68 valence electrons. The Hall–Kier alpha value is -1.04. The van der Waals surface area contributed by atoms with Gasteiger partial charge in [0.2, 0.25) is 11.8 Å². The predicted octanol–water partition coefficient (Wildman–Crippen LogP) is -1.35. The molecule has 2 amide bonds. The maximum Gasteiger partial charge on any atom is 0.698 e. The Morgan fingerprint density at radius 3 is 1.67 bits per heavy atom. The van der Waals surface area contributed by atoms with E-state index in [1.165, 1.54) is 0 Å². The third-order valence-corrected chi connectivity index (χ3v) is 1.30. The highest BCUT2D eigenvalue weighted by Gasteiger charge is 2.22. The lowest BCUT2D eigenvalue weighted by molar-refractivity contribution is -0.120. The van der Waals surface area contributed by atoms with E-state index in [-0.39, 0.29) is 0 Å². The Kier molecular flexibility index (Phi) is 5.11. The van der Waals surface area contributed by atoms with E-state index in [1.54, 1.807) is 0 Å². The van der Waals surface area contributed by atoms with Crippen molar-refractivity contribution < 1.29 is 23.2 Å². The molecule has 0 aliphatic heterocycles. The Bertz CT molecular complexity index is 186. The van der Waals surface area contributed by atoms with Crippen LogP contribution in [0.1, 0.15) is 0 Å². The van der Waals surface area contributed by atoms with Crippen LogP contribution >= 0.6 is 8.25 Å². The van der Waals surface area contributed by atoms with Crippen LogP contribution < -0.4 is 11.5 Å². The molecule has 0 spiro atoms. The number of hydrogen-bond donors (Lipinski definition) is 2. The molecular formula is C4H8N2O5P+. The molecule has 4 N–H and O–H groups in total. The average Bonchev–Trinajstić information content (AvgIpc) is 1.96. The molecule has 12 heavy (non-hydrogen) atoms. The molecule has 0 heterocycles. The van der Waals surface area contributed by atoms with Gasteiger partial charge in [-0.05, 0) is 0 Å². The highest BCUT2D eigenvalue weighted by molar-refractivity contribution is 7.33. The molecule has 8 heteroatoms. The number of carbonyl (C=O) groups excluding carboxylic acids is 2. The third-order valence-electron chi connectivity index (χ3n) is 0.624. The number of nitrogens with two attached hydrogens (primary N) is 2. The molecule has 0 bridgehead atoms. The fraction of sp³-hybridized carbons (Fsp3) is 0.500. The third kappa shape index (κ3) is 7.07. The van der Waals surface area contributed by atoms with Crippen LogP contribution in [0.4, 0.5) is 0 Å². The van der Waals surface area contributed by atoms with E-state index in [9.17, 15) is 14.2 Å². The Labute approximate surface area is 68.9 Å². The Balaban J connectivity index is 3.47. The SMILES string of the molecule is NC(=O)CO[P+](=O)OCC(N)=O. The summed E-state index contributed by atoms with van der Waals surface area (Å²) >= 11 is 0. The maximum atomic E-state index is 10.5. The number of hydrogen-bond acceptors (Lipinski definition) is 5. The second-order valence-electron chi connectivity index (χ2n) is 1.70. The molecule has 0 aliphatic rings. The lowest BCUT2D eigenvalue weighted by atomic mass is 10.7. The zero-order valence-electron chi connectivity index (χ0n) is 6.06. The second-order valence-corrected chi connectivity index (χ2v) is 2.67. The van der Waals surface area contributed by atoms with Crippen molar-refractivity contribution in [3.63, 3.8) is 0 Å². The molecule has 0 aromatic carbocycles. The van der Waals surface area contributed by atoms with Gasteiger partial charge >= 0.3 is 8.25 Å². The summed E-state index contributed by atoms with van der Waals surface area (Å²) < 4.78 is 19.1. The molecule has 0 saturated heterocycles. The molecule has 0 aromatic heterocycles. The summed E-state index contributed by atoms with van der Waals surface area (Å²) in [7, 11) is -2.50. The van der Waals surface area contributed by atoms with Gasteiger partial charge in [-0.15, -0.1) is 9.05 Å². The van der Waals surface area contributed by atoms with Crippen LogP contribution in [0.3, 0.4) is 0 Å². The number of primary amides is 2. The van der Waals surface area contributed by atoms with Crippen molar-refractivity contribution in [1.29, 1.82) is 0 Å². The zero-order chi connectivity index (χ0) is 9.56. The standard InChI is InChI=1S/C4H7N2O5P/c5-3(7)1-10-12(9)11-2-4(6)8/h1-2H2,(H3-,5,6,7,8)/p+1. The van der Waals surface area contributed by atoms with Crippen LogP contribution in [-0.4, -0.2) is 25.0 Å². The van der Waals surface area contributed by atoms with Gasteiger partial charge < -0.3 is 11.5 Å². The topological polar surface area (TPSA) is 122 Å². The van der Waals surface area contributed by atoms with Crippen LogP contribution in [0.2, 0.25) is 0 Å². The van der Waals surface area contributed by atoms with E-state index in [0.29, 0.717) is 0 Å². The van der Waals surface area contributed by atoms with Crippen LogP contribution in [-0.2, 0) is 23.2 Å². The summed E-state index contributed by atoms with van der Waals surface area (Å²) in [6.07, 6.45) is 0. The maximum absolute atomic E-state index is 10.5.